The van der Waals surface area contributed by atoms with E-state index in [0.29, 0.717) is 11.8 Å². The second-order valence-corrected chi connectivity index (χ2v) is 6.01. The molecule has 3 rings (SSSR count). The minimum Gasteiger partial charge on any atom is -0.342 e. The van der Waals surface area contributed by atoms with Gasteiger partial charge in [0.05, 0.1) is 6.33 Å². The van der Waals surface area contributed by atoms with E-state index in [9.17, 15) is 4.79 Å². The van der Waals surface area contributed by atoms with Crippen molar-refractivity contribution in [1.82, 2.24) is 14.5 Å². The molecular formula is C16H23N3O. The minimum atomic E-state index is 0.241. The highest BCUT2D eigenvalue weighted by molar-refractivity contribution is 5.79. The fraction of sp³-hybridized carbons (Fsp3) is 0.625. The van der Waals surface area contributed by atoms with Gasteiger partial charge >= 0.3 is 0 Å². The quantitative estimate of drug-likeness (QED) is 0.794. The molecule has 1 aliphatic heterocycles. The molecule has 1 saturated heterocycles. The number of carbonyl (C=O) groups excluding carboxylic acids is 1. The average Bonchev–Trinajstić information content (AvgIpc) is 3.01. The summed E-state index contributed by atoms with van der Waals surface area (Å²) in [5.74, 6) is 1.31. The van der Waals surface area contributed by atoms with Crippen LogP contribution in [-0.4, -0.2) is 33.4 Å². The lowest BCUT2D eigenvalue weighted by Crippen LogP contribution is -2.42. The maximum Gasteiger partial charge on any atom is 0.226 e. The van der Waals surface area contributed by atoms with Crippen LogP contribution in [0.5, 0.6) is 0 Å². The summed E-state index contributed by atoms with van der Waals surface area (Å²) in [7, 11) is 0. The highest BCUT2D eigenvalue weighted by Gasteiger charge is 2.28. The summed E-state index contributed by atoms with van der Waals surface area (Å²) in [4.78, 5) is 18.6. The van der Waals surface area contributed by atoms with Crippen LogP contribution < -0.4 is 0 Å². The Labute approximate surface area is 120 Å². The van der Waals surface area contributed by atoms with Crippen molar-refractivity contribution < 1.29 is 4.79 Å². The molecule has 1 atom stereocenters. The van der Waals surface area contributed by atoms with Gasteiger partial charge in [-0.3, -0.25) is 4.79 Å². The molecule has 0 radical (unpaired) electrons. The number of carbonyl (C=O) groups is 1. The van der Waals surface area contributed by atoms with Gasteiger partial charge in [0, 0.05) is 37.9 Å². The number of imidazole rings is 1. The van der Waals surface area contributed by atoms with Crippen molar-refractivity contribution in [2.45, 2.75) is 38.6 Å². The molecule has 1 fully saturated rings. The average molecular weight is 273 g/mol. The first-order valence-electron chi connectivity index (χ1n) is 7.72. The number of amides is 1. The van der Waals surface area contributed by atoms with Crippen molar-refractivity contribution in [3.8, 4) is 0 Å². The van der Waals surface area contributed by atoms with Crippen LogP contribution in [0.3, 0.4) is 0 Å². The molecule has 2 heterocycles. The Morgan fingerprint density at radius 1 is 1.20 bits per heavy atom. The van der Waals surface area contributed by atoms with Crippen LogP contribution in [0.25, 0.3) is 0 Å². The van der Waals surface area contributed by atoms with Gasteiger partial charge in [-0.25, -0.2) is 4.98 Å². The van der Waals surface area contributed by atoms with Crippen molar-refractivity contribution in [2.75, 3.05) is 13.1 Å². The zero-order valence-electron chi connectivity index (χ0n) is 11.9. The molecule has 20 heavy (non-hydrogen) atoms. The predicted octanol–water partition coefficient (Wildman–Crippen LogP) is 2.48. The Morgan fingerprint density at radius 2 is 2.05 bits per heavy atom. The number of piperidine rings is 1. The summed E-state index contributed by atoms with van der Waals surface area (Å²) >= 11 is 0. The molecule has 4 heteroatoms. The van der Waals surface area contributed by atoms with Crippen molar-refractivity contribution in [2.24, 2.45) is 11.8 Å². The summed E-state index contributed by atoms with van der Waals surface area (Å²) in [5.41, 5.74) is 0. The van der Waals surface area contributed by atoms with E-state index in [1.807, 2.05) is 18.7 Å². The van der Waals surface area contributed by atoms with Gasteiger partial charge in [0.25, 0.3) is 0 Å². The van der Waals surface area contributed by atoms with Crippen molar-refractivity contribution in [1.29, 1.82) is 0 Å². The van der Waals surface area contributed by atoms with E-state index in [0.717, 1.165) is 51.7 Å². The summed E-state index contributed by atoms with van der Waals surface area (Å²) in [5, 5.41) is 0. The third-order valence-corrected chi connectivity index (χ3v) is 4.57. The molecule has 0 saturated carbocycles. The van der Waals surface area contributed by atoms with E-state index in [1.54, 1.807) is 0 Å². The Hall–Kier alpha value is -1.58. The standard InChI is InChI=1S/C16H23N3O/c20-16(15-4-2-1-3-5-15)19-9-6-14(7-10-19)12-18-11-8-17-13-18/h1-2,8,11,13-15H,3-7,9-10,12H2/t15-/m0/s1. The van der Waals surface area contributed by atoms with Gasteiger partial charge in [-0.2, -0.15) is 0 Å². The Kier molecular flexibility index (Phi) is 4.19. The van der Waals surface area contributed by atoms with Gasteiger partial charge in [0.1, 0.15) is 0 Å². The highest BCUT2D eigenvalue weighted by Crippen LogP contribution is 2.25. The van der Waals surface area contributed by atoms with E-state index in [2.05, 4.69) is 26.6 Å². The zero-order valence-corrected chi connectivity index (χ0v) is 11.9. The number of aromatic nitrogens is 2. The fourth-order valence-electron chi connectivity index (χ4n) is 3.30. The SMILES string of the molecule is O=C([C@H]1CC=CCC1)N1CCC(Cn2ccnc2)CC1. The first kappa shape index (κ1) is 13.4. The van der Waals surface area contributed by atoms with Gasteiger partial charge in [-0.15, -0.1) is 0 Å². The van der Waals surface area contributed by atoms with E-state index in [4.69, 9.17) is 0 Å². The predicted molar refractivity (Wildman–Crippen MR) is 78.0 cm³/mol. The number of nitrogens with zero attached hydrogens (tertiary/aromatic N) is 3. The molecule has 0 aromatic carbocycles. The topological polar surface area (TPSA) is 38.1 Å². The number of likely N-dealkylation sites (tertiary alicyclic amines) is 1. The Balaban J connectivity index is 1.48. The summed E-state index contributed by atoms with van der Waals surface area (Å²) < 4.78 is 2.15. The monoisotopic (exact) mass is 273 g/mol. The Bertz CT molecular complexity index is 458. The summed E-state index contributed by atoms with van der Waals surface area (Å²) in [6.07, 6.45) is 15.4. The molecule has 0 bridgehead atoms. The molecule has 0 N–H and O–H groups in total. The first-order chi connectivity index (χ1) is 9.83. The van der Waals surface area contributed by atoms with Crippen LogP contribution in [0.1, 0.15) is 32.1 Å². The second-order valence-electron chi connectivity index (χ2n) is 6.01. The minimum absolute atomic E-state index is 0.241. The molecular weight excluding hydrogens is 250 g/mol. The van der Waals surface area contributed by atoms with Crippen LogP contribution in [0.4, 0.5) is 0 Å². The second kappa shape index (κ2) is 6.25. The lowest BCUT2D eigenvalue weighted by atomic mass is 9.91. The molecule has 1 aromatic heterocycles. The van der Waals surface area contributed by atoms with Gasteiger partial charge in [0.2, 0.25) is 5.91 Å². The zero-order chi connectivity index (χ0) is 13.8. The molecule has 108 valence electrons. The maximum atomic E-state index is 12.5. The normalized spacial score (nSPS) is 24.0. The van der Waals surface area contributed by atoms with E-state index >= 15 is 0 Å². The Morgan fingerprint density at radius 3 is 2.70 bits per heavy atom. The molecule has 0 spiro atoms. The lowest BCUT2D eigenvalue weighted by Gasteiger charge is -2.34. The van der Waals surface area contributed by atoms with E-state index in [1.165, 1.54) is 0 Å². The van der Waals surface area contributed by atoms with Crippen molar-refractivity contribution in [3.63, 3.8) is 0 Å². The third kappa shape index (κ3) is 3.11. The number of allylic oxidation sites excluding steroid dienone is 2. The maximum absolute atomic E-state index is 12.5. The molecule has 0 unspecified atom stereocenters. The van der Waals surface area contributed by atoms with Crippen molar-refractivity contribution >= 4 is 5.91 Å². The largest absolute Gasteiger partial charge is 0.342 e. The van der Waals surface area contributed by atoms with Crippen LogP contribution in [0, 0.1) is 11.8 Å². The lowest BCUT2D eigenvalue weighted by molar-refractivity contribution is -0.137. The smallest absolute Gasteiger partial charge is 0.226 e. The van der Waals surface area contributed by atoms with Gasteiger partial charge in [-0.1, -0.05) is 12.2 Å². The van der Waals surface area contributed by atoms with Gasteiger partial charge in [0.15, 0.2) is 0 Å². The van der Waals surface area contributed by atoms with Crippen LogP contribution in [0.2, 0.25) is 0 Å². The van der Waals surface area contributed by atoms with Crippen LogP contribution in [-0.2, 0) is 11.3 Å². The molecule has 1 aliphatic carbocycles. The van der Waals surface area contributed by atoms with E-state index < -0.39 is 0 Å². The van der Waals surface area contributed by atoms with Gasteiger partial charge in [-0.05, 0) is 38.0 Å². The van der Waals surface area contributed by atoms with Gasteiger partial charge < -0.3 is 9.47 Å². The van der Waals surface area contributed by atoms with E-state index in [-0.39, 0.29) is 5.92 Å². The highest BCUT2D eigenvalue weighted by atomic mass is 16.2. The van der Waals surface area contributed by atoms with Crippen LogP contribution >= 0.6 is 0 Å². The van der Waals surface area contributed by atoms with Crippen molar-refractivity contribution in [3.05, 3.63) is 30.9 Å². The molecule has 1 aromatic rings. The number of hydrogen-bond donors (Lipinski definition) is 0. The molecule has 2 aliphatic rings. The molecule has 1 amide bonds. The summed E-state index contributed by atoms with van der Waals surface area (Å²) in [6, 6.07) is 0. The van der Waals surface area contributed by atoms with Crippen LogP contribution in [0.15, 0.2) is 30.9 Å². The first-order valence-corrected chi connectivity index (χ1v) is 7.72. The summed E-state index contributed by atoms with van der Waals surface area (Å²) in [6.45, 7) is 2.89. The number of hydrogen-bond acceptors (Lipinski definition) is 2. The molecule has 4 nitrogen and oxygen atoms in total. The fourth-order valence-corrected chi connectivity index (χ4v) is 3.30. The number of rotatable bonds is 3. The third-order valence-electron chi connectivity index (χ3n) is 4.57.